The van der Waals surface area contributed by atoms with Crippen LogP contribution in [0.3, 0.4) is 0 Å². The Morgan fingerprint density at radius 1 is 1.39 bits per heavy atom. The number of nitrogens with one attached hydrogen (secondary N) is 2. The van der Waals surface area contributed by atoms with Crippen molar-refractivity contribution in [2.45, 2.75) is 26.1 Å². The van der Waals surface area contributed by atoms with Crippen LogP contribution in [0.4, 0.5) is 13.2 Å². The van der Waals surface area contributed by atoms with Gasteiger partial charge in [-0.25, -0.2) is 9.98 Å². The molecule has 0 aliphatic rings. The van der Waals surface area contributed by atoms with Crippen LogP contribution in [0.25, 0.3) is 0 Å². The van der Waals surface area contributed by atoms with E-state index in [9.17, 15) is 13.2 Å². The predicted molar refractivity (Wildman–Crippen MR) is 90.7 cm³/mol. The molecule has 7 nitrogen and oxygen atoms in total. The van der Waals surface area contributed by atoms with Crippen LogP contribution in [-0.2, 0) is 18.3 Å². The standard InChI is InChI=1S/C12H21F3N6O.HI/c1-3-16-11(18-7-10-19-9-20-21(10)2)17-5-4-6-22-8-12(13,14)15;/h9H,3-8H2,1-2H3,(H2,16,17,18);1H. The van der Waals surface area contributed by atoms with Gasteiger partial charge in [0.1, 0.15) is 25.3 Å². The van der Waals surface area contributed by atoms with Crippen molar-refractivity contribution in [3.05, 3.63) is 12.2 Å². The first-order valence-electron chi connectivity index (χ1n) is 6.92. The van der Waals surface area contributed by atoms with Gasteiger partial charge in [0.15, 0.2) is 5.96 Å². The maximum absolute atomic E-state index is 11.9. The third-order valence-corrected chi connectivity index (χ3v) is 2.55. The number of aryl methyl sites for hydroxylation is 1. The van der Waals surface area contributed by atoms with Crippen molar-refractivity contribution in [2.75, 3.05) is 26.3 Å². The highest BCUT2D eigenvalue weighted by Crippen LogP contribution is 2.14. The summed E-state index contributed by atoms with van der Waals surface area (Å²) in [6.07, 6.45) is -2.38. The first-order valence-corrected chi connectivity index (χ1v) is 6.92. The van der Waals surface area contributed by atoms with Gasteiger partial charge in [-0.1, -0.05) is 0 Å². The molecule has 1 aromatic rings. The van der Waals surface area contributed by atoms with Gasteiger partial charge in [0.05, 0.1) is 0 Å². The zero-order valence-electron chi connectivity index (χ0n) is 13.1. The fourth-order valence-electron chi connectivity index (χ4n) is 1.52. The Morgan fingerprint density at radius 2 is 2.13 bits per heavy atom. The van der Waals surface area contributed by atoms with Crippen molar-refractivity contribution in [3.63, 3.8) is 0 Å². The number of hydrogen-bond acceptors (Lipinski definition) is 4. The normalized spacial score (nSPS) is 12.0. The molecular weight excluding hydrogens is 428 g/mol. The van der Waals surface area contributed by atoms with E-state index in [4.69, 9.17) is 0 Å². The molecule has 0 unspecified atom stereocenters. The summed E-state index contributed by atoms with van der Waals surface area (Å²) in [5.41, 5.74) is 0. The second-order valence-electron chi connectivity index (χ2n) is 4.44. The topological polar surface area (TPSA) is 76.4 Å². The number of hydrogen-bond donors (Lipinski definition) is 2. The molecule has 1 aromatic heterocycles. The fraction of sp³-hybridized carbons (Fsp3) is 0.750. The van der Waals surface area contributed by atoms with E-state index in [1.807, 2.05) is 6.92 Å². The molecule has 0 bridgehead atoms. The zero-order chi connectivity index (χ0) is 16.4. The number of aliphatic imine (C=N–C) groups is 1. The predicted octanol–water partition coefficient (Wildman–Crippen LogP) is 1.46. The highest BCUT2D eigenvalue weighted by atomic mass is 127. The molecule has 0 fully saturated rings. The lowest BCUT2D eigenvalue weighted by Crippen LogP contribution is -2.38. The first kappa shape index (κ1) is 21.9. The summed E-state index contributed by atoms with van der Waals surface area (Å²) in [6, 6.07) is 0. The Labute approximate surface area is 150 Å². The Kier molecular flexibility index (Phi) is 10.9. The molecule has 0 aliphatic carbocycles. The largest absolute Gasteiger partial charge is 0.411 e. The molecule has 0 aromatic carbocycles. The van der Waals surface area contributed by atoms with Gasteiger partial charge in [0.2, 0.25) is 0 Å². The van der Waals surface area contributed by atoms with E-state index in [0.717, 1.165) is 0 Å². The van der Waals surface area contributed by atoms with Crippen LogP contribution in [0.15, 0.2) is 11.3 Å². The number of ether oxygens (including phenoxy) is 1. The van der Waals surface area contributed by atoms with Crippen molar-refractivity contribution >= 4 is 29.9 Å². The number of rotatable bonds is 8. The van der Waals surface area contributed by atoms with Gasteiger partial charge in [-0.15, -0.1) is 24.0 Å². The highest BCUT2D eigenvalue weighted by Gasteiger charge is 2.27. The van der Waals surface area contributed by atoms with Crippen LogP contribution < -0.4 is 10.6 Å². The lowest BCUT2D eigenvalue weighted by Gasteiger charge is -2.11. The lowest BCUT2D eigenvalue weighted by atomic mass is 10.4. The minimum atomic E-state index is -4.28. The molecule has 11 heteroatoms. The van der Waals surface area contributed by atoms with Crippen LogP contribution in [0.5, 0.6) is 0 Å². The van der Waals surface area contributed by atoms with Crippen LogP contribution in [-0.4, -0.2) is 53.2 Å². The summed E-state index contributed by atoms with van der Waals surface area (Å²) in [6.45, 7) is 2.24. The second-order valence-corrected chi connectivity index (χ2v) is 4.44. The average molecular weight is 450 g/mol. The van der Waals surface area contributed by atoms with Crippen LogP contribution in [0, 0.1) is 0 Å². The third kappa shape index (κ3) is 10.3. The summed E-state index contributed by atoms with van der Waals surface area (Å²) in [4.78, 5) is 8.38. The number of guanidine groups is 1. The SMILES string of the molecule is CCNC(=NCc1ncnn1C)NCCCOCC(F)(F)F.I. The smallest absolute Gasteiger partial charge is 0.372 e. The number of nitrogens with zero attached hydrogens (tertiary/aromatic N) is 4. The Balaban J connectivity index is 0.00000484. The van der Waals surface area contributed by atoms with Gasteiger partial charge >= 0.3 is 6.18 Å². The molecule has 0 radical (unpaired) electrons. The molecule has 0 saturated carbocycles. The Morgan fingerprint density at radius 3 is 2.70 bits per heavy atom. The number of halogens is 4. The molecule has 0 atom stereocenters. The Hall–Kier alpha value is -1.11. The van der Waals surface area contributed by atoms with Gasteiger partial charge in [0.25, 0.3) is 0 Å². The van der Waals surface area contributed by atoms with Gasteiger partial charge in [-0.05, 0) is 13.3 Å². The summed E-state index contributed by atoms with van der Waals surface area (Å²) < 4.78 is 41.8. The summed E-state index contributed by atoms with van der Waals surface area (Å²) >= 11 is 0. The van der Waals surface area contributed by atoms with E-state index in [-0.39, 0.29) is 30.6 Å². The fourth-order valence-corrected chi connectivity index (χ4v) is 1.52. The molecule has 0 spiro atoms. The van der Waals surface area contributed by atoms with Crippen molar-refractivity contribution in [1.29, 1.82) is 0 Å². The third-order valence-electron chi connectivity index (χ3n) is 2.55. The molecule has 1 rings (SSSR count). The number of aromatic nitrogens is 3. The molecule has 23 heavy (non-hydrogen) atoms. The first-order chi connectivity index (χ1) is 10.4. The van der Waals surface area contributed by atoms with E-state index in [1.54, 1.807) is 11.7 Å². The average Bonchev–Trinajstić information content (AvgIpc) is 2.84. The van der Waals surface area contributed by atoms with Gasteiger partial charge in [0, 0.05) is 26.7 Å². The maximum Gasteiger partial charge on any atom is 0.411 e. The maximum atomic E-state index is 11.9. The number of alkyl halides is 3. The van der Waals surface area contributed by atoms with Gasteiger partial charge < -0.3 is 15.4 Å². The quantitative estimate of drug-likeness (QED) is 0.272. The lowest BCUT2D eigenvalue weighted by molar-refractivity contribution is -0.173. The van der Waals surface area contributed by atoms with E-state index >= 15 is 0 Å². The van der Waals surface area contributed by atoms with Crippen molar-refractivity contribution < 1.29 is 17.9 Å². The molecule has 2 N–H and O–H groups in total. The summed E-state index contributed by atoms with van der Waals surface area (Å²) in [5.74, 6) is 1.28. The van der Waals surface area contributed by atoms with E-state index < -0.39 is 12.8 Å². The molecular formula is C12H22F3IN6O. The zero-order valence-corrected chi connectivity index (χ0v) is 15.4. The molecule has 0 saturated heterocycles. The van der Waals surface area contributed by atoms with Crippen LogP contribution >= 0.6 is 24.0 Å². The summed E-state index contributed by atoms with van der Waals surface area (Å²) in [5, 5.41) is 10.0. The molecule has 0 amide bonds. The molecule has 134 valence electrons. The Bertz CT molecular complexity index is 466. The van der Waals surface area contributed by atoms with Crippen LogP contribution in [0.2, 0.25) is 0 Å². The summed E-state index contributed by atoms with van der Waals surface area (Å²) in [7, 11) is 1.77. The van der Waals surface area contributed by atoms with E-state index in [1.165, 1.54) is 6.33 Å². The molecule has 1 heterocycles. The van der Waals surface area contributed by atoms with Crippen molar-refractivity contribution in [1.82, 2.24) is 25.4 Å². The van der Waals surface area contributed by atoms with Crippen LogP contribution in [0.1, 0.15) is 19.2 Å². The molecule has 0 aliphatic heterocycles. The minimum Gasteiger partial charge on any atom is -0.372 e. The van der Waals surface area contributed by atoms with Crippen molar-refractivity contribution in [3.8, 4) is 0 Å². The van der Waals surface area contributed by atoms with E-state index in [2.05, 4.69) is 30.4 Å². The highest BCUT2D eigenvalue weighted by molar-refractivity contribution is 14.0. The van der Waals surface area contributed by atoms with Gasteiger partial charge in [-0.2, -0.15) is 18.3 Å². The second kappa shape index (κ2) is 11.4. The van der Waals surface area contributed by atoms with Gasteiger partial charge in [-0.3, -0.25) is 4.68 Å². The minimum absolute atomic E-state index is 0. The van der Waals surface area contributed by atoms with Crippen molar-refractivity contribution in [2.24, 2.45) is 12.0 Å². The van der Waals surface area contributed by atoms with E-state index in [0.29, 0.717) is 37.8 Å². The monoisotopic (exact) mass is 450 g/mol.